The average Bonchev–Trinajstić information content (AvgIpc) is 1.61. The van der Waals surface area contributed by atoms with E-state index in [-0.39, 0.29) is 71.1 Å². The first-order chi connectivity index (χ1) is 47.4. The second-order valence-corrected chi connectivity index (χ2v) is 30.6. The Morgan fingerprint density at radius 2 is 1.16 bits per heavy atom. The molecular weight excluding hydrogens is 1410 g/mol. The number of rotatable bonds is 21. The van der Waals surface area contributed by atoms with Gasteiger partial charge in [0.25, 0.3) is 23.6 Å². The summed E-state index contributed by atoms with van der Waals surface area (Å²) in [7, 11) is 0. The normalized spacial score (nSPS) is 16.0. The summed E-state index contributed by atoms with van der Waals surface area (Å²) in [6, 6.07) is 38.4. The van der Waals surface area contributed by atoms with Gasteiger partial charge in [-0.05, 0) is 184 Å². The molecule has 2 N–H and O–H groups in total. The Balaban J connectivity index is 0.000000235. The Hall–Kier alpha value is -7.55. The molecule has 526 valence electrons. The van der Waals surface area contributed by atoms with Crippen LogP contribution in [0.2, 0.25) is 25.1 Å². The Bertz CT molecular complexity index is 4370. The number of hydrogen-bond donors (Lipinski definition) is 2. The second kappa shape index (κ2) is 32.6. The first kappa shape index (κ1) is 76.6. The predicted octanol–water partition coefficient (Wildman–Crippen LogP) is 19.5. The molecular formula is C77H83Cl5N8O8S2. The summed E-state index contributed by atoms with van der Waals surface area (Å²) in [4.78, 5) is 86.0. The van der Waals surface area contributed by atoms with Gasteiger partial charge >= 0.3 is 0 Å². The summed E-state index contributed by atoms with van der Waals surface area (Å²) < 4.78 is 12.4. The Morgan fingerprint density at radius 3 is 1.70 bits per heavy atom. The van der Waals surface area contributed by atoms with Crippen molar-refractivity contribution in [2.45, 2.75) is 179 Å². The molecule has 4 unspecified atom stereocenters. The van der Waals surface area contributed by atoms with Crippen LogP contribution in [0.25, 0.3) is 0 Å². The third-order valence-corrected chi connectivity index (χ3v) is 22.2. The van der Waals surface area contributed by atoms with Gasteiger partial charge in [0.05, 0.1) is 37.2 Å². The molecule has 3 heterocycles. The van der Waals surface area contributed by atoms with E-state index in [1.54, 1.807) is 59.5 Å². The summed E-state index contributed by atoms with van der Waals surface area (Å²) in [5.74, 6) is -0.175. The Kier molecular flexibility index (Phi) is 25.0. The highest BCUT2D eigenvalue weighted by molar-refractivity contribution is 8.01. The van der Waals surface area contributed by atoms with Crippen LogP contribution in [0.4, 0.5) is 28.4 Å². The van der Waals surface area contributed by atoms with Gasteiger partial charge in [-0.15, -0.1) is 33.7 Å². The van der Waals surface area contributed by atoms with Crippen molar-refractivity contribution in [3.63, 3.8) is 0 Å². The van der Waals surface area contributed by atoms with Gasteiger partial charge in [-0.2, -0.15) is 10.0 Å². The second-order valence-electron chi connectivity index (χ2n) is 26.3. The van der Waals surface area contributed by atoms with Gasteiger partial charge in [0.2, 0.25) is 11.8 Å². The number of nitrogens with zero attached hydrogens (tertiary/aromatic N) is 6. The summed E-state index contributed by atoms with van der Waals surface area (Å²) in [6.07, 6.45) is 2.49. The zero-order chi connectivity index (χ0) is 72.8. The molecule has 0 radical (unpaired) electrons. The number of anilines is 5. The predicted molar refractivity (Wildman–Crippen MR) is 410 cm³/mol. The minimum absolute atomic E-state index is 0.00952. The van der Waals surface area contributed by atoms with E-state index in [1.165, 1.54) is 51.9 Å². The molecule has 3 aliphatic heterocycles. The van der Waals surface area contributed by atoms with Crippen LogP contribution in [0.5, 0.6) is 11.5 Å². The standard InChI is InChI=1S/C40H40Cl4N4O4S.C37H43ClN4O4S/c1-8-32(52-33-17-15-25(19-23(33)4)40(6,7)9-2)38(50)45-30-12-10-11-13-34(30)53-36-37(47(24(5)49)31-18-22(3)14-16-27(31)42)46-48(39(36)51)35-28(43)20-26(41)21-29(35)44;1-8-29(46-30-16-13-25(20-23(30)4)37(6,7)9-2)35(44)39-26-14-15-28(27(38)21-26)42-36(45)33(34(40-42)41-18-10-11-32(41)43)47-31-17-12-22(3)19-24(31)5/h10-21,32,36H,8-9H2,1-7H3,(H,45,50);12-17,19-21,29,33H,8-11,18H2,1-7H3,(H,39,44). The van der Waals surface area contributed by atoms with E-state index >= 15 is 0 Å². The van der Waals surface area contributed by atoms with Crippen LogP contribution in [0.15, 0.2) is 147 Å². The van der Waals surface area contributed by atoms with Crippen molar-refractivity contribution in [3.8, 4) is 11.5 Å². The maximum absolute atomic E-state index is 14.4. The number of benzene rings is 7. The van der Waals surface area contributed by atoms with Gasteiger partial charge in [-0.3, -0.25) is 38.6 Å². The third kappa shape index (κ3) is 17.3. The molecule has 16 nitrogen and oxygen atoms in total. The Labute approximate surface area is 619 Å². The van der Waals surface area contributed by atoms with Crippen molar-refractivity contribution < 1.29 is 38.2 Å². The van der Waals surface area contributed by atoms with Gasteiger partial charge in [0.15, 0.2) is 34.4 Å². The van der Waals surface area contributed by atoms with Crippen LogP contribution >= 0.6 is 81.5 Å². The first-order valence-corrected chi connectivity index (χ1v) is 36.9. The van der Waals surface area contributed by atoms with E-state index in [4.69, 9.17) is 67.5 Å². The number of likely N-dealkylation sites (tertiary alicyclic amines) is 1. The lowest BCUT2D eigenvalue weighted by molar-refractivity contribution is -0.125. The molecule has 23 heteroatoms. The van der Waals surface area contributed by atoms with Crippen molar-refractivity contribution >= 4 is 157 Å². The first-order valence-electron chi connectivity index (χ1n) is 33.2. The lowest BCUT2D eigenvalue weighted by Gasteiger charge is -2.26. The lowest BCUT2D eigenvalue weighted by Crippen LogP contribution is -2.42. The molecule has 100 heavy (non-hydrogen) atoms. The van der Waals surface area contributed by atoms with Crippen molar-refractivity contribution in [2.75, 3.05) is 32.1 Å². The molecule has 3 aliphatic rings. The molecule has 0 aliphatic carbocycles. The number of carbonyl (C=O) groups excluding carboxylic acids is 6. The third-order valence-electron chi connectivity index (χ3n) is 18.1. The number of amidine groups is 2. The number of hydrazone groups is 2. The Morgan fingerprint density at radius 1 is 0.600 bits per heavy atom. The lowest BCUT2D eigenvalue weighted by atomic mass is 9.81. The van der Waals surface area contributed by atoms with Gasteiger partial charge in [0, 0.05) is 40.4 Å². The average molecular weight is 1490 g/mol. The van der Waals surface area contributed by atoms with E-state index in [1.807, 2.05) is 84.9 Å². The highest BCUT2D eigenvalue weighted by Gasteiger charge is 2.46. The minimum atomic E-state index is -1.11. The van der Waals surface area contributed by atoms with Crippen molar-refractivity contribution in [2.24, 2.45) is 10.2 Å². The van der Waals surface area contributed by atoms with Crippen LogP contribution in [0, 0.1) is 34.6 Å². The molecule has 0 bridgehead atoms. The summed E-state index contributed by atoms with van der Waals surface area (Å²) in [6.45, 7) is 28.7. The fourth-order valence-corrected chi connectivity index (χ4v) is 15.1. The smallest absolute Gasteiger partial charge is 0.268 e. The van der Waals surface area contributed by atoms with Crippen LogP contribution in [0.1, 0.15) is 140 Å². The van der Waals surface area contributed by atoms with Crippen LogP contribution in [-0.2, 0) is 39.6 Å². The monoisotopic (exact) mass is 1490 g/mol. The molecule has 6 amide bonds. The molecule has 0 aromatic heterocycles. The van der Waals surface area contributed by atoms with Crippen molar-refractivity contribution in [1.82, 2.24) is 4.90 Å². The topological polar surface area (TPSA) is 183 Å². The van der Waals surface area contributed by atoms with Crippen LogP contribution in [0.3, 0.4) is 0 Å². The zero-order valence-corrected chi connectivity index (χ0v) is 64.0. The highest BCUT2D eigenvalue weighted by atomic mass is 35.5. The van der Waals surface area contributed by atoms with Crippen molar-refractivity contribution in [3.05, 3.63) is 191 Å². The number of thioether (sulfide) groups is 2. The SMILES string of the molecule is CCC(Oc1ccc(C(C)(C)CC)cc1C)C(=O)Nc1ccc(N2N=C(N3CCCC3=O)C(Sc3ccc(C)cc3C)C2=O)c(Cl)c1.CCC(Oc1ccc(C(C)(C)CC)cc1C)C(=O)Nc1ccccc1SC1C(=O)N(c2c(Cl)cc(Cl)cc2Cl)N=C1N(C(C)=O)c1cc(C)ccc1Cl. The molecule has 0 spiro atoms. The largest absolute Gasteiger partial charge is 0.480 e. The molecule has 10 rings (SSSR count). The molecule has 1 fully saturated rings. The van der Waals surface area contributed by atoms with Gasteiger partial charge < -0.3 is 20.1 Å². The molecule has 7 aromatic rings. The number of amides is 6. The molecule has 0 saturated carbocycles. The zero-order valence-electron chi connectivity index (χ0n) is 58.5. The number of nitrogens with one attached hydrogen (secondary N) is 2. The number of ether oxygens (including phenoxy) is 2. The van der Waals surface area contributed by atoms with E-state index in [9.17, 15) is 28.8 Å². The van der Waals surface area contributed by atoms with Crippen LogP contribution < -0.4 is 35.0 Å². The molecule has 4 atom stereocenters. The fourth-order valence-electron chi connectivity index (χ4n) is 11.4. The maximum Gasteiger partial charge on any atom is 0.268 e. The van der Waals surface area contributed by atoms with Crippen LogP contribution in [-0.4, -0.2) is 81.3 Å². The van der Waals surface area contributed by atoms with Gasteiger partial charge in [0.1, 0.15) is 17.2 Å². The van der Waals surface area contributed by atoms with E-state index in [2.05, 4.69) is 86.6 Å². The number of carbonyl (C=O) groups is 6. The van der Waals surface area contributed by atoms with E-state index < -0.39 is 34.5 Å². The maximum atomic E-state index is 14.4. The fraction of sp³-hybridized carbons (Fsp3) is 0.351. The van der Waals surface area contributed by atoms with Gasteiger partial charge in [-0.1, -0.05) is 174 Å². The molecule has 1 saturated heterocycles. The summed E-state index contributed by atoms with van der Waals surface area (Å²) in [5, 5.41) is 16.7. The van der Waals surface area contributed by atoms with Crippen molar-refractivity contribution in [1.29, 1.82) is 0 Å². The number of aryl methyl sites for hydroxylation is 5. The summed E-state index contributed by atoms with van der Waals surface area (Å²) in [5.41, 5.74) is 9.14. The highest BCUT2D eigenvalue weighted by Crippen LogP contribution is 2.45. The number of para-hydroxylation sites is 1. The number of hydrogen-bond acceptors (Lipinski definition) is 12. The van der Waals surface area contributed by atoms with E-state index in [0.29, 0.717) is 77.2 Å². The van der Waals surface area contributed by atoms with E-state index in [0.717, 1.165) is 62.3 Å². The summed E-state index contributed by atoms with van der Waals surface area (Å²) >= 11 is 35.2. The quantitative estimate of drug-likeness (QED) is 0.0702. The minimum Gasteiger partial charge on any atom is -0.480 e. The van der Waals surface area contributed by atoms with Gasteiger partial charge in [-0.25, -0.2) is 0 Å². The molecule has 7 aromatic carbocycles. The number of halogens is 5.